The highest BCUT2D eigenvalue weighted by molar-refractivity contribution is 4.93. The summed E-state index contributed by atoms with van der Waals surface area (Å²) in [6.45, 7) is 2.02. The van der Waals surface area contributed by atoms with Crippen LogP contribution in [-0.2, 0) is 13.6 Å². The Labute approximate surface area is 96.4 Å². The van der Waals surface area contributed by atoms with Gasteiger partial charge in [0.15, 0.2) is 0 Å². The average Bonchev–Trinajstić information content (AvgIpc) is 3.15. The van der Waals surface area contributed by atoms with Crippen molar-refractivity contribution in [1.29, 1.82) is 0 Å². The Balaban J connectivity index is 1.46. The fraction of sp³-hybridized carbons (Fsp3) is 0.833. The third kappa shape index (κ3) is 2.26. The van der Waals surface area contributed by atoms with E-state index in [4.69, 9.17) is 0 Å². The lowest BCUT2D eigenvalue weighted by atomic mass is 9.98. The minimum absolute atomic E-state index is 0.854. The van der Waals surface area contributed by atoms with Crippen LogP contribution in [0.3, 0.4) is 0 Å². The van der Waals surface area contributed by atoms with Gasteiger partial charge in [-0.3, -0.25) is 0 Å². The van der Waals surface area contributed by atoms with Crippen LogP contribution in [0.1, 0.15) is 31.5 Å². The number of aromatic nitrogens is 3. The lowest BCUT2D eigenvalue weighted by molar-refractivity contribution is 0.375. The summed E-state index contributed by atoms with van der Waals surface area (Å²) in [6.07, 6.45) is 7.62. The van der Waals surface area contributed by atoms with Crippen molar-refractivity contribution >= 4 is 0 Å². The molecule has 0 saturated heterocycles. The molecule has 16 heavy (non-hydrogen) atoms. The molecule has 2 aliphatic rings. The normalized spacial score (nSPS) is 20.6. The zero-order valence-corrected chi connectivity index (χ0v) is 9.89. The van der Waals surface area contributed by atoms with Crippen molar-refractivity contribution in [2.45, 2.75) is 32.2 Å². The van der Waals surface area contributed by atoms with E-state index in [0.717, 1.165) is 30.1 Å². The maximum Gasteiger partial charge on any atom is 0.146 e. The Morgan fingerprint density at radius 2 is 2.06 bits per heavy atom. The van der Waals surface area contributed by atoms with Gasteiger partial charge < -0.3 is 9.88 Å². The van der Waals surface area contributed by atoms with Crippen LogP contribution in [0.4, 0.5) is 0 Å². The maximum absolute atomic E-state index is 4.08. The molecule has 88 valence electrons. The second-order valence-corrected chi connectivity index (χ2v) is 5.33. The van der Waals surface area contributed by atoms with Crippen LogP contribution < -0.4 is 5.32 Å². The molecule has 4 heteroatoms. The summed E-state index contributed by atoms with van der Waals surface area (Å²) in [5.41, 5.74) is 0. The molecule has 0 aromatic carbocycles. The Bertz CT molecular complexity index is 340. The first-order valence-electron chi connectivity index (χ1n) is 6.38. The van der Waals surface area contributed by atoms with E-state index in [-0.39, 0.29) is 0 Å². The van der Waals surface area contributed by atoms with Gasteiger partial charge in [0.1, 0.15) is 12.2 Å². The van der Waals surface area contributed by atoms with Gasteiger partial charge in [0.25, 0.3) is 0 Å². The van der Waals surface area contributed by atoms with Crippen LogP contribution in [-0.4, -0.2) is 21.3 Å². The summed E-state index contributed by atoms with van der Waals surface area (Å²) in [5.74, 6) is 4.03. The van der Waals surface area contributed by atoms with Crippen molar-refractivity contribution in [3.63, 3.8) is 0 Å². The second kappa shape index (κ2) is 4.17. The standard InChI is InChI=1S/C12H20N4/c1-16-8-14-15-12(16)7-13-6-11(9-2-3-9)10-4-5-10/h8-11,13H,2-7H2,1H3. The van der Waals surface area contributed by atoms with E-state index >= 15 is 0 Å². The fourth-order valence-electron chi connectivity index (χ4n) is 2.58. The first-order chi connectivity index (χ1) is 7.84. The SMILES string of the molecule is Cn1cnnc1CNCC(C1CC1)C1CC1. The molecule has 0 aliphatic heterocycles. The number of nitrogens with zero attached hydrogens (tertiary/aromatic N) is 3. The van der Waals surface area contributed by atoms with Crippen molar-refractivity contribution < 1.29 is 0 Å². The summed E-state index contributed by atoms with van der Waals surface area (Å²) < 4.78 is 1.98. The molecular formula is C12H20N4. The highest BCUT2D eigenvalue weighted by Gasteiger charge is 2.40. The molecule has 4 nitrogen and oxygen atoms in total. The van der Waals surface area contributed by atoms with Crippen LogP contribution >= 0.6 is 0 Å². The lowest BCUT2D eigenvalue weighted by Gasteiger charge is -2.15. The molecule has 2 aliphatic carbocycles. The first-order valence-corrected chi connectivity index (χ1v) is 6.38. The van der Waals surface area contributed by atoms with Gasteiger partial charge >= 0.3 is 0 Å². The highest BCUT2D eigenvalue weighted by atomic mass is 15.3. The molecule has 0 atom stereocenters. The fourth-order valence-corrected chi connectivity index (χ4v) is 2.58. The van der Waals surface area contributed by atoms with E-state index in [1.54, 1.807) is 6.33 Å². The van der Waals surface area contributed by atoms with E-state index in [1.165, 1.54) is 32.2 Å². The summed E-state index contributed by atoms with van der Waals surface area (Å²) >= 11 is 0. The molecule has 0 amide bonds. The van der Waals surface area contributed by atoms with Gasteiger partial charge in [0.05, 0.1) is 6.54 Å². The van der Waals surface area contributed by atoms with Crippen molar-refractivity contribution in [3.8, 4) is 0 Å². The van der Waals surface area contributed by atoms with Crippen LogP contribution in [0.5, 0.6) is 0 Å². The number of hydrogen-bond acceptors (Lipinski definition) is 3. The van der Waals surface area contributed by atoms with E-state index in [2.05, 4.69) is 15.5 Å². The maximum atomic E-state index is 4.08. The van der Waals surface area contributed by atoms with Crippen molar-refractivity contribution in [3.05, 3.63) is 12.2 Å². The summed E-state index contributed by atoms with van der Waals surface area (Å²) in [6, 6.07) is 0. The van der Waals surface area contributed by atoms with Crippen molar-refractivity contribution in [2.24, 2.45) is 24.8 Å². The Hall–Kier alpha value is -0.900. The molecule has 2 saturated carbocycles. The minimum Gasteiger partial charge on any atom is -0.320 e. The van der Waals surface area contributed by atoms with Gasteiger partial charge in [0, 0.05) is 7.05 Å². The quantitative estimate of drug-likeness (QED) is 0.786. The topological polar surface area (TPSA) is 42.7 Å². The Morgan fingerprint density at radius 1 is 1.38 bits per heavy atom. The second-order valence-electron chi connectivity index (χ2n) is 5.33. The van der Waals surface area contributed by atoms with Crippen LogP contribution in [0.2, 0.25) is 0 Å². The molecule has 3 rings (SSSR count). The molecule has 2 fully saturated rings. The predicted molar refractivity (Wildman–Crippen MR) is 61.6 cm³/mol. The Kier molecular flexibility index (Phi) is 2.67. The van der Waals surface area contributed by atoms with Crippen molar-refractivity contribution in [1.82, 2.24) is 20.1 Å². The van der Waals surface area contributed by atoms with Gasteiger partial charge in [-0.2, -0.15) is 0 Å². The highest BCUT2D eigenvalue weighted by Crippen LogP contribution is 2.48. The minimum atomic E-state index is 0.854. The molecule has 0 radical (unpaired) electrons. The number of nitrogens with one attached hydrogen (secondary N) is 1. The molecular weight excluding hydrogens is 200 g/mol. The van der Waals surface area contributed by atoms with Crippen LogP contribution in [0.25, 0.3) is 0 Å². The molecule has 0 spiro atoms. The van der Waals surface area contributed by atoms with Gasteiger partial charge in [-0.1, -0.05) is 0 Å². The van der Waals surface area contributed by atoms with E-state index in [0.29, 0.717) is 0 Å². The van der Waals surface area contributed by atoms with Crippen LogP contribution in [0.15, 0.2) is 6.33 Å². The van der Waals surface area contributed by atoms with E-state index < -0.39 is 0 Å². The predicted octanol–water partition coefficient (Wildman–Crippen LogP) is 1.34. The van der Waals surface area contributed by atoms with E-state index in [1.807, 2.05) is 11.6 Å². The average molecular weight is 220 g/mol. The van der Waals surface area contributed by atoms with Crippen molar-refractivity contribution in [2.75, 3.05) is 6.54 Å². The number of rotatable bonds is 6. The third-order valence-corrected chi connectivity index (χ3v) is 3.92. The zero-order chi connectivity index (χ0) is 11.0. The molecule has 1 aromatic heterocycles. The summed E-state index contributed by atoms with van der Waals surface area (Å²) in [5, 5.41) is 11.5. The van der Waals surface area contributed by atoms with Gasteiger partial charge in [-0.05, 0) is 50.0 Å². The van der Waals surface area contributed by atoms with Gasteiger partial charge in [-0.25, -0.2) is 0 Å². The lowest BCUT2D eigenvalue weighted by Crippen LogP contribution is -2.26. The molecule has 0 unspecified atom stereocenters. The molecule has 0 bridgehead atoms. The van der Waals surface area contributed by atoms with E-state index in [9.17, 15) is 0 Å². The third-order valence-electron chi connectivity index (χ3n) is 3.92. The van der Waals surface area contributed by atoms with Gasteiger partial charge in [-0.15, -0.1) is 10.2 Å². The van der Waals surface area contributed by atoms with Gasteiger partial charge in [0.2, 0.25) is 0 Å². The molecule has 1 aromatic rings. The monoisotopic (exact) mass is 220 g/mol. The largest absolute Gasteiger partial charge is 0.320 e. The summed E-state index contributed by atoms with van der Waals surface area (Å²) in [7, 11) is 2.00. The summed E-state index contributed by atoms with van der Waals surface area (Å²) in [4.78, 5) is 0. The molecule has 1 heterocycles. The number of hydrogen-bond donors (Lipinski definition) is 1. The first kappa shape index (κ1) is 10.3. The Morgan fingerprint density at radius 3 is 2.56 bits per heavy atom. The zero-order valence-electron chi connectivity index (χ0n) is 9.89. The number of aryl methyl sites for hydroxylation is 1. The van der Waals surface area contributed by atoms with Crippen LogP contribution in [0, 0.1) is 17.8 Å². The molecule has 1 N–H and O–H groups in total. The smallest absolute Gasteiger partial charge is 0.146 e.